The van der Waals surface area contributed by atoms with Gasteiger partial charge in [0.1, 0.15) is 17.4 Å². The summed E-state index contributed by atoms with van der Waals surface area (Å²) in [7, 11) is 0. The summed E-state index contributed by atoms with van der Waals surface area (Å²) in [6, 6.07) is 22.8. The molecule has 0 saturated carbocycles. The standard InChI is InChI=1S/C30H32FN3O2/c1-21(2)23-10-14-26(15-11-23)36-17-5-16-34-28-7-4-3-6-27(28)32-30(34)24-18-29(35)33(20-24)19-22-8-12-25(31)13-9-22/h3-4,6-15,21,24H,5,16-20H2,1-2H3. The molecule has 0 spiro atoms. The highest BCUT2D eigenvalue weighted by atomic mass is 19.1. The third-order valence-corrected chi connectivity index (χ3v) is 6.89. The summed E-state index contributed by atoms with van der Waals surface area (Å²) in [4.78, 5) is 19.6. The molecule has 1 saturated heterocycles. The van der Waals surface area contributed by atoms with Gasteiger partial charge >= 0.3 is 0 Å². The van der Waals surface area contributed by atoms with Gasteiger partial charge in [-0.15, -0.1) is 0 Å². The summed E-state index contributed by atoms with van der Waals surface area (Å²) in [6.07, 6.45) is 1.27. The minimum absolute atomic E-state index is 0.0230. The van der Waals surface area contributed by atoms with Gasteiger partial charge in [-0.1, -0.05) is 50.2 Å². The first-order valence-corrected chi connectivity index (χ1v) is 12.7. The topological polar surface area (TPSA) is 47.4 Å². The molecular weight excluding hydrogens is 453 g/mol. The number of halogens is 1. The van der Waals surface area contributed by atoms with Crippen LogP contribution in [-0.2, 0) is 17.9 Å². The molecule has 6 heteroatoms. The van der Waals surface area contributed by atoms with Crippen molar-refractivity contribution in [1.29, 1.82) is 0 Å². The number of rotatable bonds is 9. The van der Waals surface area contributed by atoms with Crippen molar-refractivity contribution in [1.82, 2.24) is 14.5 Å². The molecule has 36 heavy (non-hydrogen) atoms. The Morgan fingerprint density at radius 1 is 1.03 bits per heavy atom. The van der Waals surface area contributed by atoms with Crippen LogP contribution in [0.15, 0.2) is 72.8 Å². The summed E-state index contributed by atoms with van der Waals surface area (Å²) in [5.74, 6) is 2.20. The number of fused-ring (bicyclic) bond motifs is 1. The lowest BCUT2D eigenvalue weighted by molar-refractivity contribution is -0.128. The smallest absolute Gasteiger partial charge is 0.223 e. The van der Waals surface area contributed by atoms with Crippen LogP contribution in [-0.4, -0.2) is 33.5 Å². The second-order valence-electron chi connectivity index (χ2n) is 9.84. The number of aromatic nitrogens is 2. The van der Waals surface area contributed by atoms with Crippen molar-refractivity contribution in [3.8, 4) is 5.75 Å². The van der Waals surface area contributed by atoms with Crippen LogP contribution in [0.2, 0.25) is 0 Å². The Kier molecular flexibility index (Phi) is 7.03. The van der Waals surface area contributed by atoms with Crippen molar-refractivity contribution < 1.29 is 13.9 Å². The van der Waals surface area contributed by atoms with Crippen LogP contribution < -0.4 is 4.74 Å². The molecule has 5 nitrogen and oxygen atoms in total. The second-order valence-corrected chi connectivity index (χ2v) is 9.84. The van der Waals surface area contributed by atoms with Gasteiger partial charge in [-0.05, 0) is 59.9 Å². The van der Waals surface area contributed by atoms with Crippen molar-refractivity contribution in [2.24, 2.45) is 0 Å². The molecule has 0 radical (unpaired) electrons. The van der Waals surface area contributed by atoms with E-state index in [1.807, 2.05) is 35.2 Å². The fourth-order valence-electron chi connectivity index (χ4n) is 4.91. The van der Waals surface area contributed by atoms with Crippen LogP contribution in [0.3, 0.4) is 0 Å². The number of carbonyl (C=O) groups excluding carboxylic acids is 1. The summed E-state index contributed by atoms with van der Waals surface area (Å²) >= 11 is 0. The van der Waals surface area contributed by atoms with Crippen LogP contribution in [0.4, 0.5) is 4.39 Å². The lowest BCUT2D eigenvalue weighted by Crippen LogP contribution is -2.24. The molecule has 3 aromatic carbocycles. The number of imidazole rings is 1. The first-order chi connectivity index (χ1) is 17.5. The molecule has 2 heterocycles. The Hall–Kier alpha value is -3.67. The van der Waals surface area contributed by atoms with E-state index in [-0.39, 0.29) is 17.6 Å². The number of likely N-dealkylation sites (tertiary alicyclic amines) is 1. The number of amides is 1. The van der Waals surface area contributed by atoms with E-state index < -0.39 is 0 Å². The van der Waals surface area contributed by atoms with Crippen molar-refractivity contribution in [3.63, 3.8) is 0 Å². The van der Waals surface area contributed by atoms with E-state index in [0.29, 0.717) is 32.0 Å². The zero-order valence-electron chi connectivity index (χ0n) is 20.9. The normalized spacial score (nSPS) is 15.8. The molecule has 1 fully saturated rings. The van der Waals surface area contributed by atoms with E-state index >= 15 is 0 Å². The zero-order chi connectivity index (χ0) is 25.1. The molecule has 1 amide bonds. The van der Waals surface area contributed by atoms with Gasteiger partial charge in [0.15, 0.2) is 0 Å². The number of hydrogen-bond donors (Lipinski definition) is 0. The van der Waals surface area contributed by atoms with Crippen LogP contribution in [0.25, 0.3) is 11.0 Å². The second kappa shape index (κ2) is 10.5. The number of nitrogens with zero attached hydrogens (tertiary/aromatic N) is 3. The Labute approximate surface area is 211 Å². The van der Waals surface area contributed by atoms with Crippen molar-refractivity contribution in [3.05, 3.63) is 95.6 Å². The molecule has 1 aliphatic rings. The highest BCUT2D eigenvalue weighted by molar-refractivity contribution is 5.81. The van der Waals surface area contributed by atoms with E-state index in [1.54, 1.807) is 12.1 Å². The van der Waals surface area contributed by atoms with Gasteiger partial charge < -0.3 is 14.2 Å². The molecule has 4 aromatic rings. The fourth-order valence-corrected chi connectivity index (χ4v) is 4.91. The van der Waals surface area contributed by atoms with E-state index in [2.05, 4.69) is 36.6 Å². The maximum absolute atomic E-state index is 13.3. The molecular formula is C30H32FN3O2. The number of ether oxygens (including phenoxy) is 1. The average molecular weight is 486 g/mol. The Balaban J connectivity index is 1.27. The lowest BCUT2D eigenvalue weighted by Gasteiger charge is -2.17. The van der Waals surface area contributed by atoms with Crippen molar-refractivity contribution in [2.75, 3.05) is 13.2 Å². The number of aryl methyl sites for hydroxylation is 1. The first kappa shape index (κ1) is 24.0. The predicted octanol–water partition coefficient (Wildman–Crippen LogP) is 6.28. The summed E-state index contributed by atoms with van der Waals surface area (Å²) in [6.45, 7) is 6.83. The molecule has 5 rings (SSSR count). The Morgan fingerprint density at radius 3 is 2.53 bits per heavy atom. The quantitative estimate of drug-likeness (QED) is 0.262. The van der Waals surface area contributed by atoms with Gasteiger partial charge in [0.25, 0.3) is 0 Å². The van der Waals surface area contributed by atoms with Gasteiger partial charge in [0, 0.05) is 32.0 Å². The lowest BCUT2D eigenvalue weighted by atomic mass is 10.0. The van der Waals surface area contributed by atoms with Gasteiger partial charge in [-0.25, -0.2) is 9.37 Å². The van der Waals surface area contributed by atoms with Gasteiger partial charge in [-0.2, -0.15) is 0 Å². The molecule has 1 unspecified atom stereocenters. The predicted molar refractivity (Wildman–Crippen MR) is 140 cm³/mol. The number of benzene rings is 3. The Morgan fingerprint density at radius 2 is 1.78 bits per heavy atom. The molecule has 186 valence electrons. The molecule has 1 aromatic heterocycles. The third kappa shape index (κ3) is 5.27. The molecule has 0 N–H and O–H groups in total. The van der Waals surface area contributed by atoms with E-state index in [0.717, 1.165) is 41.1 Å². The first-order valence-electron chi connectivity index (χ1n) is 12.7. The summed E-state index contributed by atoms with van der Waals surface area (Å²) in [5, 5.41) is 0. The van der Waals surface area contributed by atoms with E-state index in [4.69, 9.17) is 9.72 Å². The minimum Gasteiger partial charge on any atom is -0.494 e. The monoisotopic (exact) mass is 485 g/mol. The van der Waals surface area contributed by atoms with Gasteiger partial charge in [0.2, 0.25) is 5.91 Å². The SMILES string of the molecule is CC(C)c1ccc(OCCCn2c(C3CC(=O)N(Cc4ccc(F)cc4)C3)nc3ccccc32)cc1. The largest absolute Gasteiger partial charge is 0.494 e. The molecule has 1 atom stereocenters. The number of carbonyl (C=O) groups is 1. The van der Waals surface area contributed by atoms with Crippen molar-refractivity contribution >= 4 is 16.9 Å². The zero-order valence-corrected chi connectivity index (χ0v) is 20.9. The maximum atomic E-state index is 13.3. The number of para-hydroxylation sites is 2. The molecule has 0 bridgehead atoms. The highest BCUT2D eigenvalue weighted by Gasteiger charge is 2.34. The van der Waals surface area contributed by atoms with Gasteiger partial charge in [0.05, 0.1) is 17.6 Å². The molecule has 1 aliphatic heterocycles. The van der Waals surface area contributed by atoms with Crippen LogP contribution in [0.1, 0.15) is 55.5 Å². The van der Waals surface area contributed by atoms with Crippen LogP contribution in [0, 0.1) is 5.82 Å². The third-order valence-electron chi connectivity index (χ3n) is 6.89. The maximum Gasteiger partial charge on any atom is 0.223 e. The highest BCUT2D eigenvalue weighted by Crippen LogP contribution is 2.31. The summed E-state index contributed by atoms with van der Waals surface area (Å²) < 4.78 is 21.5. The van der Waals surface area contributed by atoms with Crippen molar-refractivity contribution in [2.45, 2.75) is 51.6 Å². The van der Waals surface area contributed by atoms with E-state index in [1.165, 1.54) is 17.7 Å². The molecule has 0 aliphatic carbocycles. The fraction of sp³-hybridized carbons (Fsp3) is 0.333. The average Bonchev–Trinajstić information content (AvgIpc) is 3.43. The van der Waals surface area contributed by atoms with Crippen LogP contribution >= 0.6 is 0 Å². The van der Waals surface area contributed by atoms with Gasteiger partial charge in [-0.3, -0.25) is 4.79 Å². The minimum atomic E-state index is -0.269. The Bertz CT molecular complexity index is 1330. The van der Waals surface area contributed by atoms with E-state index in [9.17, 15) is 9.18 Å². The van der Waals surface area contributed by atoms with Crippen LogP contribution in [0.5, 0.6) is 5.75 Å². The number of hydrogen-bond acceptors (Lipinski definition) is 3. The summed E-state index contributed by atoms with van der Waals surface area (Å²) in [5.41, 5.74) is 4.26.